The van der Waals surface area contributed by atoms with Crippen LogP contribution in [0.3, 0.4) is 0 Å². The number of hydrogen-bond donors (Lipinski definition) is 0. The van der Waals surface area contributed by atoms with E-state index >= 15 is 0 Å². The number of aromatic nitrogens is 2. The monoisotopic (exact) mass is 395 g/mol. The topological polar surface area (TPSA) is 38.1 Å². The summed E-state index contributed by atoms with van der Waals surface area (Å²) in [6.45, 7) is 5.59. The van der Waals surface area contributed by atoms with Crippen molar-refractivity contribution >= 4 is 22.6 Å². The maximum Gasteiger partial charge on any atom is 0.227 e. The van der Waals surface area contributed by atoms with Gasteiger partial charge in [0.15, 0.2) is 0 Å². The third-order valence-corrected chi connectivity index (χ3v) is 5.98. The van der Waals surface area contributed by atoms with Crippen LogP contribution in [0.2, 0.25) is 0 Å². The van der Waals surface area contributed by atoms with Crippen molar-refractivity contribution in [3.63, 3.8) is 0 Å². The van der Waals surface area contributed by atoms with Gasteiger partial charge in [-0.2, -0.15) is 0 Å². The maximum atomic E-state index is 12.9. The maximum absolute atomic E-state index is 12.9. The molecule has 1 aliphatic rings. The summed E-state index contributed by atoms with van der Waals surface area (Å²) < 4.78 is 2.29. The number of para-hydroxylation sites is 2. The molecule has 0 saturated carbocycles. The Morgan fingerprint density at radius 1 is 0.900 bits per heavy atom. The van der Waals surface area contributed by atoms with Crippen LogP contribution >= 0.6 is 0 Å². The molecule has 0 aliphatic carbocycles. The molecule has 1 amide bonds. The zero-order valence-electron chi connectivity index (χ0n) is 17.4. The summed E-state index contributed by atoms with van der Waals surface area (Å²) in [5, 5.41) is 0. The molecular weight excluding hydrogens is 370 g/mol. The van der Waals surface area contributed by atoms with Crippen molar-refractivity contribution in [2.75, 3.05) is 11.4 Å². The molecule has 0 spiro atoms. The van der Waals surface area contributed by atoms with Crippen molar-refractivity contribution in [3.05, 3.63) is 95.3 Å². The summed E-state index contributed by atoms with van der Waals surface area (Å²) in [7, 11) is 0. The van der Waals surface area contributed by atoms with Crippen LogP contribution < -0.4 is 4.90 Å². The van der Waals surface area contributed by atoms with E-state index in [2.05, 4.69) is 73.0 Å². The molecule has 0 unspecified atom stereocenters. The first-order chi connectivity index (χ1) is 14.6. The minimum Gasteiger partial charge on any atom is -0.323 e. The largest absolute Gasteiger partial charge is 0.323 e. The summed E-state index contributed by atoms with van der Waals surface area (Å²) in [6, 6.07) is 25.1. The minimum atomic E-state index is 0.0802. The molecule has 1 aliphatic heterocycles. The Labute approximate surface area is 176 Å². The van der Waals surface area contributed by atoms with Gasteiger partial charge in [-0.15, -0.1) is 0 Å². The fourth-order valence-electron chi connectivity index (χ4n) is 4.30. The van der Waals surface area contributed by atoms with Gasteiger partial charge in [0.1, 0.15) is 5.82 Å². The summed E-state index contributed by atoms with van der Waals surface area (Å²) in [5.74, 6) is 1.24. The number of hydrogen-bond acceptors (Lipinski definition) is 2. The first-order valence-corrected chi connectivity index (χ1v) is 10.5. The van der Waals surface area contributed by atoms with Gasteiger partial charge >= 0.3 is 0 Å². The minimum absolute atomic E-state index is 0.0802. The second-order valence-electron chi connectivity index (χ2n) is 8.27. The molecule has 3 aromatic carbocycles. The first-order valence-electron chi connectivity index (χ1n) is 10.5. The number of amides is 1. The van der Waals surface area contributed by atoms with Crippen molar-refractivity contribution in [1.82, 2.24) is 9.55 Å². The molecule has 1 aromatic heterocycles. The van der Waals surface area contributed by atoms with E-state index in [0.29, 0.717) is 13.0 Å². The molecule has 4 nitrogen and oxygen atoms in total. The lowest BCUT2D eigenvalue weighted by Crippen LogP contribution is -2.24. The number of carbonyl (C=O) groups excluding carboxylic acids is 1. The Kier molecular flexibility index (Phi) is 4.62. The van der Waals surface area contributed by atoms with E-state index in [4.69, 9.17) is 4.98 Å². The van der Waals surface area contributed by atoms with Crippen LogP contribution in [0.25, 0.3) is 11.0 Å². The first kappa shape index (κ1) is 18.6. The van der Waals surface area contributed by atoms with Gasteiger partial charge in [0.05, 0.1) is 11.0 Å². The Bertz CT molecular complexity index is 1210. The van der Waals surface area contributed by atoms with Crippen molar-refractivity contribution in [2.24, 2.45) is 0 Å². The summed E-state index contributed by atoms with van der Waals surface area (Å²) in [4.78, 5) is 19.7. The predicted octanol–water partition coefficient (Wildman–Crippen LogP) is 5.22. The standard InChI is InChI=1S/C26H25N3O/c1-18-7-11-20(12-8-18)16-29-24-6-4-3-5-23(24)27-26(29)21-15-25(30)28(17-21)22-13-9-19(2)10-14-22/h3-14,21H,15-17H2,1-2H3/t21-/m0/s1. The molecule has 1 saturated heterocycles. The zero-order chi connectivity index (χ0) is 20.7. The summed E-state index contributed by atoms with van der Waals surface area (Å²) >= 11 is 0. The van der Waals surface area contributed by atoms with E-state index in [1.54, 1.807) is 0 Å². The molecule has 5 rings (SSSR count). The highest BCUT2D eigenvalue weighted by Gasteiger charge is 2.34. The van der Waals surface area contributed by atoms with Gasteiger partial charge in [-0.3, -0.25) is 4.79 Å². The summed E-state index contributed by atoms with van der Waals surface area (Å²) in [6.07, 6.45) is 0.491. The van der Waals surface area contributed by atoms with Gasteiger partial charge in [-0.1, -0.05) is 59.7 Å². The van der Waals surface area contributed by atoms with Gasteiger partial charge in [-0.05, 0) is 43.7 Å². The Morgan fingerprint density at radius 2 is 1.57 bits per heavy atom. The van der Waals surface area contributed by atoms with Crippen LogP contribution in [0.5, 0.6) is 0 Å². The average molecular weight is 396 g/mol. The SMILES string of the molecule is Cc1ccc(Cn2c([C@H]3CC(=O)N(c4ccc(C)cc4)C3)nc3ccccc32)cc1. The molecule has 0 bridgehead atoms. The quantitative estimate of drug-likeness (QED) is 0.475. The third kappa shape index (κ3) is 3.39. The second kappa shape index (κ2) is 7.45. The molecule has 1 fully saturated rings. The van der Waals surface area contributed by atoms with Crippen molar-refractivity contribution in [2.45, 2.75) is 32.7 Å². The van der Waals surface area contributed by atoms with Crippen LogP contribution in [0, 0.1) is 13.8 Å². The Balaban J connectivity index is 1.51. The number of benzene rings is 3. The van der Waals surface area contributed by atoms with Gasteiger partial charge in [-0.25, -0.2) is 4.98 Å². The fraction of sp³-hybridized carbons (Fsp3) is 0.231. The van der Waals surface area contributed by atoms with E-state index in [0.717, 1.165) is 29.1 Å². The van der Waals surface area contributed by atoms with Crippen molar-refractivity contribution in [1.29, 1.82) is 0 Å². The predicted molar refractivity (Wildman–Crippen MR) is 121 cm³/mol. The van der Waals surface area contributed by atoms with Crippen LogP contribution in [-0.2, 0) is 11.3 Å². The smallest absolute Gasteiger partial charge is 0.227 e. The molecule has 30 heavy (non-hydrogen) atoms. The fourth-order valence-corrected chi connectivity index (χ4v) is 4.30. The van der Waals surface area contributed by atoms with Gasteiger partial charge in [0.25, 0.3) is 0 Å². The Morgan fingerprint density at radius 3 is 2.30 bits per heavy atom. The van der Waals surface area contributed by atoms with Crippen molar-refractivity contribution < 1.29 is 4.79 Å². The van der Waals surface area contributed by atoms with E-state index in [9.17, 15) is 4.79 Å². The second-order valence-corrected chi connectivity index (χ2v) is 8.27. The number of anilines is 1. The molecule has 0 radical (unpaired) electrons. The highest BCUT2D eigenvalue weighted by Crippen LogP contribution is 2.33. The third-order valence-electron chi connectivity index (χ3n) is 5.98. The average Bonchev–Trinajstić information content (AvgIpc) is 3.31. The molecular formula is C26H25N3O. The lowest BCUT2D eigenvalue weighted by Gasteiger charge is -2.18. The van der Waals surface area contributed by atoms with E-state index in [1.165, 1.54) is 16.7 Å². The van der Waals surface area contributed by atoms with Crippen LogP contribution in [0.1, 0.15) is 34.9 Å². The molecule has 4 aromatic rings. The summed E-state index contributed by atoms with van der Waals surface area (Å²) in [5.41, 5.74) is 6.76. The lowest BCUT2D eigenvalue weighted by atomic mass is 10.1. The van der Waals surface area contributed by atoms with E-state index in [-0.39, 0.29) is 11.8 Å². The lowest BCUT2D eigenvalue weighted by molar-refractivity contribution is -0.117. The zero-order valence-corrected chi connectivity index (χ0v) is 17.4. The van der Waals surface area contributed by atoms with E-state index < -0.39 is 0 Å². The Hall–Kier alpha value is -3.40. The van der Waals surface area contributed by atoms with Gasteiger partial charge < -0.3 is 9.47 Å². The molecule has 4 heteroatoms. The molecule has 2 heterocycles. The van der Waals surface area contributed by atoms with Gasteiger partial charge in [0, 0.05) is 31.1 Å². The molecule has 150 valence electrons. The molecule has 0 N–H and O–H groups in total. The highest BCUT2D eigenvalue weighted by atomic mass is 16.2. The van der Waals surface area contributed by atoms with Crippen LogP contribution in [0.4, 0.5) is 5.69 Å². The van der Waals surface area contributed by atoms with Crippen LogP contribution in [0.15, 0.2) is 72.8 Å². The number of imidazole rings is 1. The number of carbonyl (C=O) groups is 1. The van der Waals surface area contributed by atoms with Crippen LogP contribution in [-0.4, -0.2) is 22.0 Å². The number of aryl methyl sites for hydroxylation is 2. The molecule has 1 atom stereocenters. The van der Waals surface area contributed by atoms with Gasteiger partial charge in [0.2, 0.25) is 5.91 Å². The number of fused-ring (bicyclic) bond motifs is 1. The van der Waals surface area contributed by atoms with Crippen molar-refractivity contribution in [3.8, 4) is 0 Å². The number of rotatable bonds is 4. The normalized spacial score (nSPS) is 16.5. The number of nitrogens with zero attached hydrogens (tertiary/aromatic N) is 3. The van der Waals surface area contributed by atoms with E-state index in [1.807, 2.05) is 23.1 Å². The highest BCUT2D eigenvalue weighted by molar-refractivity contribution is 5.96.